The van der Waals surface area contributed by atoms with E-state index >= 15 is 0 Å². The zero-order valence-corrected chi connectivity index (χ0v) is 14.7. The Morgan fingerprint density at radius 2 is 1.60 bits per heavy atom. The van der Waals surface area contributed by atoms with Crippen LogP contribution in [-0.4, -0.2) is 11.1 Å². The zero-order chi connectivity index (χ0) is 19.1. The maximum Gasteiger partial charge on any atom is 0.310 e. The maximum absolute atomic E-state index is 13.8. The van der Waals surface area contributed by atoms with E-state index in [1.54, 1.807) is 13.8 Å². The van der Waals surface area contributed by atoms with Gasteiger partial charge in [0.1, 0.15) is 11.1 Å². The molecule has 1 aromatic rings. The average molecular weight is 401 g/mol. The van der Waals surface area contributed by atoms with E-state index in [1.165, 1.54) is 6.08 Å². The van der Waals surface area contributed by atoms with Crippen LogP contribution in [0.5, 0.6) is 0 Å². The summed E-state index contributed by atoms with van der Waals surface area (Å²) in [6, 6.07) is 0. The largest absolute Gasteiger partial charge is 0.460 e. The summed E-state index contributed by atoms with van der Waals surface area (Å²) in [5, 5.41) is 8.77. The quantitative estimate of drug-likeness (QED) is 0.453. The van der Waals surface area contributed by atoms with Gasteiger partial charge in [-0.05, 0) is 17.4 Å². The highest BCUT2D eigenvalue weighted by Gasteiger charge is 2.61. The number of hydrogen-bond acceptors (Lipinski definition) is 3. The van der Waals surface area contributed by atoms with Crippen LogP contribution >= 0.6 is 23.2 Å². The molecule has 1 saturated carbocycles. The Hall–Kier alpha value is -1.31. The molecule has 3 nitrogen and oxygen atoms in total. The van der Waals surface area contributed by atoms with Crippen LogP contribution in [0.2, 0.25) is 0 Å². The molecule has 1 aromatic carbocycles. The molecule has 0 spiro atoms. The SMILES string of the molecule is CC1(C)[C@H](C=C(Cl)Cl)[C@@H]1C(=O)OCc1c(F)c(F)c(CO)c(F)c1F. The predicted octanol–water partition coefficient (Wildman–Crippen LogP) is 4.37. The Morgan fingerprint density at radius 3 is 2.04 bits per heavy atom. The number of benzene rings is 1. The summed E-state index contributed by atoms with van der Waals surface area (Å²) in [6.07, 6.45) is 1.45. The second kappa shape index (κ2) is 7.13. The molecule has 1 aliphatic carbocycles. The molecule has 0 amide bonds. The Morgan fingerprint density at radius 1 is 1.12 bits per heavy atom. The van der Waals surface area contributed by atoms with Gasteiger partial charge in [0.05, 0.1) is 23.7 Å². The smallest absolute Gasteiger partial charge is 0.310 e. The predicted molar refractivity (Wildman–Crippen MR) is 82.5 cm³/mol. The standard InChI is InChI=1S/C16H14Cl2F4O3/c1-16(2)8(3-9(17)18)10(16)15(24)25-5-7-13(21)11(19)6(4-23)12(20)14(7)22/h3,8,10,23H,4-5H2,1-2H3/t8-,10-/m1/s1. The third-order valence-corrected chi connectivity index (χ3v) is 4.68. The van der Waals surface area contributed by atoms with Crippen LogP contribution in [0, 0.1) is 40.5 Å². The van der Waals surface area contributed by atoms with E-state index < -0.39 is 64.9 Å². The first-order chi connectivity index (χ1) is 11.5. The van der Waals surface area contributed by atoms with E-state index in [4.69, 9.17) is 33.0 Å². The van der Waals surface area contributed by atoms with E-state index in [0.717, 1.165) is 0 Å². The van der Waals surface area contributed by atoms with Crippen molar-refractivity contribution in [2.45, 2.75) is 27.1 Å². The van der Waals surface area contributed by atoms with E-state index in [2.05, 4.69) is 0 Å². The molecule has 2 rings (SSSR count). The number of hydrogen-bond donors (Lipinski definition) is 1. The van der Waals surface area contributed by atoms with Crippen LogP contribution in [0.3, 0.4) is 0 Å². The first-order valence-electron chi connectivity index (χ1n) is 7.18. The Bertz CT molecular complexity index is 716. The van der Waals surface area contributed by atoms with Gasteiger partial charge in [-0.25, -0.2) is 17.6 Å². The molecular formula is C16H14Cl2F4O3. The fourth-order valence-corrected chi connectivity index (χ4v) is 3.07. The molecule has 0 aliphatic heterocycles. The van der Waals surface area contributed by atoms with Gasteiger partial charge in [0.2, 0.25) is 0 Å². The number of aliphatic hydroxyl groups is 1. The highest BCUT2D eigenvalue weighted by atomic mass is 35.5. The van der Waals surface area contributed by atoms with Crippen molar-refractivity contribution in [2.24, 2.45) is 17.3 Å². The van der Waals surface area contributed by atoms with Gasteiger partial charge in [0, 0.05) is 0 Å². The van der Waals surface area contributed by atoms with Crippen molar-refractivity contribution in [3.05, 3.63) is 45.0 Å². The van der Waals surface area contributed by atoms with Crippen LogP contribution in [0.1, 0.15) is 25.0 Å². The van der Waals surface area contributed by atoms with Crippen LogP contribution in [-0.2, 0) is 22.7 Å². The second-order valence-electron chi connectivity index (χ2n) is 6.26. The normalized spacial score (nSPS) is 21.0. The molecule has 2 atom stereocenters. The number of esters is 1. The first kappa shape index (κ1) is 20.0. The minimum atomic E-state index is -1.73. The lowest BCUT2D eigenvalue weighted by Crippen LogP contribution is -2.14. The van der Waals surface area contributed by atoms with Gasteiger partial charge >= 0.3 is 5.97 Å². The van der Waals surface area contributed by atoms with Gasteiger partial charge in [-0.3, -0.25) is 4.79 Å². The summed E-state index contributed by atoms with van der Waals surface area (Å²) in [7, 11) is 0. The van der Waals surface area contributed by atoms with Crippen LogP contribution in [0.25, 0.3) is 0 Å². The number of halogens is 6. The number of ether oxygens (including phenoxy) is 1. The molecule has 0 unspecified atom stereocenters. The van der Waals surface area contributed by atoms with Crippen LogP contribution < -0.4 is 0 Å². The second-order valence-corrected chi connectivity index (χ2v) is 7.27. The molecule has 138 valence electrons. The fraction of sp³-hybridized carbons (Fsp3) is 0.438. The fourth-order valence-electron chi connectivity index (χ4n) is 2.80. The molecule has 25 heavy (non-hydrogen) atoms. The topological polar surface area (TPSA) is 46.5 Å². The van der Waals surface area contributed by atoms with Crippen molar-refractivity contribution in [1.29, 1.82) is 0 Å². The Balaban J connectivity index is 2.18. The molecule has 0 aromatic heterocycles. The minimum absolute atomic E-state index is 0.0331. The average Bonchev–Trinajstić information content (AvgIpc) is 3.05. The minimum Gasteiger partial charge on any atom is -0.460 e. The molecule has 0 saturated heterocycles. The van der Waals surface area contributed by atoms with Crippen molar-refractivity contribution >= 4 is 29.2 Å². The van der Waals surface area contributed by atoms with E-state index in [9.17, 15) is 22.4 Å². The van der Waals surface area contributed by atoms with Gasteiger partial charge in [-0.15, -0.1) is 0 Å². The number of allylic oxidation sites excluding steroid dienone is 1. The molecule has 0 heterocycles. The van der Waals surface area contributed by atoms with E-state index in [-0.39, 0.29) is 10.4 Å². The first-order valence-corrected chi connectivity index (χ1v) is 7.93. The number of aliphatic hydroxyl groups excluding tert-OH is 1. The van der Waals surface area contributed by atoms with Crippen molar-refractivity contribution in [3.8, 4) is 0 Å². The molecule has 1 N–H and O–H groups in total. The van der Waals surface area contributed by atoms with Crippen molar-refractivity contribution in [2.75, 3.05) is 0 Å². The van der Waals surface area contributed by atoms with Gasteiger partial charge in [0.15, 0.2) is 23.3 Å². The summed E-state index contributed by atoms with van der Waals surface area (Å²) >= 11 is 11.1. The van der Waals surface area contributed by atoms with Crippen molar-refractivity contribution in [3.63, 3.8) is 0 Å². The summed E-state index contributed by atoms with van der Waals surface area (Å²) in [5.74, 6) is -8.67. The summed E-state index contributed by atoms with van der Waals surface area (Å²) < 4.78 is 59.7. The van der Waals surface area contributed by atoms with E-state index in [0.29, 0.717) is 0 Å². The van der Waals surface area contributed by atoms with Crippen LogP contribution in [0.15, 0.2) is 10.6 Å². The molecule has 0 bridgehead atoms. The zero-order valence-electron chi connectivity index (χ0n) is 13.2. The molecular weight excluding hydrogens is 387 g/mol. The van der Waals surface area contributed by atoms with Gasteiger partial charge in [-0.1, -0.05) is 37.0 Å². The van der Waals surface area contributed by atoms with Crippen LogP contribution in [0.4, 0.5) is 17.6 Å². The number of carbonyl (C=O) groups is 1. The molecule has 9 heteroatoms. The van der Waals surface area contributed by atoms with Crippen molar-refractivity contribution < 1.29 is 32.2 Å². The molecule has 1 aliphatic rings. The molecule has 1 fully saturated rings. The van der Waals surface area contributed by atoms with Crippen molar-refractivity contribution in [1.82, 2.24) is 0 Å². The van der Waals surface area contributed by atoms with Gasteiger partial charge in [0.25, 0.3) is 0 Å². The lowest BCUT2D eigenvalue weighted by atomic mass is 10.1. The lowest BCUT2D eigenvalue weighted by Gasteiger charge is -2.11. The summed E-state index contributed by atoms with van der Waals surface area (Å²) in [4.78, 5) is 12.1. The summed E-state index contributed by atoms with van der Waals surface area (Å²) in [6.45, 7) is 1.28. The third-order valence-electron chi connectivity index (χ3n) is 4.43. The highest BCUT2D eigenvalue weighted by Crippen LogP contribution is 2.60. The number of rotatable bonds is 5. The summed E-state index contributed by atoms with van der Waals surface area (Å²) in [5.41, 5.74) is -2.72. The number of carbonyl (C=O) groups excluding carboxylic acids is 1. The van der Waals surface area contributed by atoms with Gasteiger partial charge < -0.3 is 9.84 Å². The monoisotopic (exact) mass is 400 g/mol. The van der Waals surface area contributed by atoms with Gasteiger partial charge in [-0.2, -0.15) is 0 Å². The lowest BCUT2D eigenvalue weighted by molar-refractivity contribution is -0.147. The molecule has 0 radical (unpaired) electrons. The highest BCUT2D eigenvalue weighted by molar-refractivity contribution is 6.55. The van der Waals surface area contributed by atoms with E-state index in [1.807, 2.05) is 0 Å². The maximum atomic E-state index is 13.8. The Labute approximate surface area is 151 Å². The Kier molecular flexibility index (Phi) is 5.71. The third kappa shape index (κ3) is 3.64.